The van der Waals surface area contributed by atoms with Crippen LogP contribution in [-0.4, -0.2) is 51.3 Å². The van der Waals surface area contributed by atoms with Gasteiger partial charge in [0.25, 0.3) is 0 Å². The number of aliphatic hydroxyl groups is 1. The smallest absolute Gasteiger partial charge is 0.238 e. The fourth-order valence-electron chi connectivity index (χ4n) is 2.58. The second kappa shape index (κ2) is 5.30. The molecule has 1 aliphatic heterocycles. The molecule has 1 aromatic rings. The Morgan fingerprint density at radius 2 is 2.32 bits per heavy atom. The van der Waals surface area contributed by atoms with E-state index in [1.54, 1.807) is 0 Å². The van der Waals surface area contributed by atoms with Gasteiger partial charge in [0.1, 0.15) is 0 Å². The number of hydrogen-bond donors (Lipinski definition) is 3. The number of nitrogens with one attached hydrogen (secondary N) is 2. The number of amides is 1. The van der Waals surface area contributed by atoms with Crippen molar-refractivity contribution in [3.8, 4) is 0 Å². The maximum absolute atomic E-state index is 12.0. The highest BCUT2D eigenvalue weighted by Gasteiger charge is 2.29. The van der Waals surface area contributed by atoms with E-state index < -0.39 is 5.60 Å². The van der Waals surface area contributed by atoms with Crippen LogP contribution in [0.5, 0.6) is 0 Å². The molecule has 1 atom stereocenters. The largest absolute Gasteiger partial charge is 0.389 e. The summed E-state index contributed by atoms with van der Waals surface area (Å²) in [7, 11) is 0. The SMILES string of the molecule is Cc1n[nH]c(C)c1NC(=O)CN1CCCC(C)(O)C1. The molecule has 1 aromatic heterocycles. The first-order chi connectivity index (χ1) is 8.87. The van der Waals surface area contributed by atoms with Crippen molar-refractivity contribution in [2.45, 2.75) is 39.2 Å². The zero-order valence-corrected chi connectivity index (χ0v) is 11.8. The number of carbonyl (C=O) groups is 1. The molecule has 0 aromatic carbocycles. The van der Waals surface area contributed by atoms with Crippen molar-refractivity contribution in [1.82, 2.24) is 15.1 Å². The van der Waals surface area contributed by atoms with E-state index in [1.165, 1.54) is 0 Å². The van der Waals surface area contributed by atoms with Gasteiger partial charge in [-0.15, -0.1) is 0 Å². The number of aryl methyl sites for hydroxylation is 2. The minimum absolute atomic E-state index is 0.0645. The van der Waals surface area contributed by atoms with Crippen molar-refractivity contribution in [1.29, 1.82) is 0 Å². The molecule has 6 nitrogen and oxygen atoms in total. The van der Waals surface area contributed by atoms with Crippen molar-refractivity contribution in [2.24, 2.45) is 0 Å². The fourth-order valence-corrected chi connectivity index (χ4v) is 2.58. The second-order valence-corrected chi connectivity index (χ2v) is 5.67. The van der Waals surface area contributed by atoms with Crippen molar-refractivity contribution in [3.05, 3.63) is 11.4 Å². The van der Waals surface area contributed by atoms with Gasteiger partial charge in [-0.3, -0.25) is 14.8 Å². The Kier molecular flexibility index (Phi) is 3.91. The third-order valence-corrected chi connectivity index (χ3v) is 3.51. The maximum Gasteiger partial charge on any atom is 0.238 e. The summed E-state index contributed by atoms with van der Waals surface area (Å²) in [5, 5.41) is 19.8. The standard InChI is InChI=1S/C13H22N4O2/c1-9-12(10(2)16-15-9)14-11(18)7-17-6-4-5-13(3,19)8-17/h19H,4-8H2,1-3H3,(H,14,18)(H,15,16). The predicted molar refractivity (Wildman–Crippen MR) is 73.0 cm³/mol. The lowest BCUT2D eigenvalue weighted by molar-refractivity contribution is -0.118. The Morgan fingerprint density at radius 1 is 1.58 bits per heavy atom. The lowest BCUT2D eigenvalue weighted by Crippen LogP contribution is -2.48. The number of aromatic amines is 1. The van der Waals surface area contributed by atoms with Crippen LogP contribution in [-0.2, 0) is 4.79 Å². The number of likely N-dealkylation sites (tertiary alicyclic amines) is 1. The number of β-amino-alcohol motifs (C(OH)–C–C–N with tert-alkyl or cyclic N) is 1. The summed E-state index contributed by atoms with van der Waals surface area (Å²) in [5.41, 5.74) is 1.72. The normalized spacial score (nSPS) is 24.4. The molecule has 0 spiro atoms. The van der Waals surface area contributed by atoms with Gasteiger partial charge in [-0.1, -0.05) is 0 Å². The van der Waals surface area contributed by atoms with Crippen LogP contribution in [0.1, 0.15) is 31.2 Å². The van der Waals surface area contributed by atoms with Crippen molar-refractivity contribution >= 4 is 11.6 Å². The van der Waals surface area contributed by atoms with Gasteiger partial charge in [-0.2, -0.15) is 5.10 Å². The molecule has 2 rings (SSSR count). The van der Waals surface area contributed by atoms with E-state index in [1.807, 2.05) is 25.7 Å². The third kappa shape index (κ3) is 3.54. The number of H-pyrrole nitrogens is 1. The first-order valence-electron chi connectivity index (χ1n) is 6.63. The van der Waals surface area contributed by atoms with Crippen LogP contribution < -0.4 is 5.32 Å². The van der Waals surface area contributed by atoms with Gasteiger partial charge in [0.2, 0.25) is 5.91 Å². The van der Waals surface area contributed by atoms with E-state index >= 15 is 0 Å². The molecule has 6 heteroatoms. The molecule has 19 heavy (non-hydrogen) atoms. The highest BCUT2D eigenvalue weighted by molar-refractivity contribution is 5.93. The summed E-state index contributed by atoms with van der Waals surface area (Å²) >= 11 is 0. The number of rotatable bonds is 3. The van der Waals surface area contributed by atoms with E-state index in [0.29, 0.717) is 13.1 Å². The van der Waals surface area contributed by atoms with Gasteiger partial charge in [-0.25, -0.2) is 0 Å². The zero-order valence-electron chi connectivity index (χ0n) is 11.8. The van der Waals surface area contributed by atoms with E-state index in [2.05, 4.69) is 15.5 Å². The molecular formula is C13H22N4O2. The van der Waals surface area contributed by atoms with Crippen LogP contribution in [0.3, 0.4) is 0 Å². The number of anilines is 1. The third-order valence-electron chi connectivity index (χ3n) is 3.51. The lowest BCUT2D eigenvalue weighted by Gasteiger charge is -2.36. The van der Waals surface area contributed by atoms with Crippen LogP contribution >= 0.6 is 0 Å². The molecule has 106 valence electrons. The van der Waals surface area contributed by atoms with Crippen LogP contribution in [0, 0.1) is 13.8 Å². The number of nitrogens with zero attached hydrogens (tertiary/aromatic N) is 2. The molecule has 0 radical (unpaired) electrons. The van der Waals surface area contributed by atoms with Gasteiger partial charge in [0, 0.05) is 6.54 Å². The van der Waals surface area contributed by atoms with Gasteiger partial charge >= 0.3 is 0 Å². The molecule has 1 saturated heterocycles. The number of carbonyl (C=O) groups excluding carboxylic acids is 1. The van der Waals surface area contributed by atoms with Crippen LogP contribution in [0.25, 0.3) is 0 Å². The summed E-state index contributed by atoms with van der Waals surface area (Å²) in [4.78, 5) is 14.0. The molecule has 0 aliphatic carbocycles. The quantitative estimate of drug-likeness (QED) is 0.756. The average Bonchev–Trinajstić information content (AvgIpc) is 2.59. The van der Waals surface area contributed by atoms with Crippen LogP contribution in [0.2, 0.25) is 0 Å². The second-order valence-electron chi connectivity index (χ2n) is 5.67. The van der Waals surface area contributed by atoms with Crippen molar-refractivity contribution in [2.75, 3.05) is 25.0 Å². The summed E-state index contributed by atoms with van der Waals surface area (Å²) in [5.74, 6) is -0.0645. The minimum atomic E-state index is -0.681. The molecule has 1 unspecified atom stereocenters. The van der Waals surface area contributed by atoms with E-state index in [4.69, 9.17) is 0 Å². The van der Waals surface area contributed by atoms with Gasteiger partial charge in [-0.05, 0) is 40.2 Å². The summed E-state index contributed by atoms with van der Waals surface area (Å²) in [6.07, 6.45) is 1.72. The topological polar surface area (TPSA) is 81.2 Å². The molecule has 1 amide bonds. The van der Waals surface area contributed by atoms with Crippen LogP contribution in [0.15, 0.2) is 0 Å². The van der Waals surface area contributed by atoms with Crippen molar-refractivity contribution in [3.63, 3.8) is 0 Å². The fraction of sp³-hybridized carbons (Fsp3) is 0.692. The highest BCUT2D eigenvalue weighted by atomic mass is 16.3. The monoisotopic (exact) mass is 266 g/mol. The molecule has 3 N–H and O–H groups in total. The molecule has 1 fully saturated rings. The van der Waals surface area contributed by atoms with Gasteiger partial charge in [0.15, 0.2) is 0 Å². The lowest BCUT2D eigenvalue weighted by atomic mass is 9.95. The Balaban J connectivity index is 1.91. The summed E-state index contributed by atoms with van der Waals surface area (Å²) in [6.45, 7) is 7.25. The first kappa shape index (κ1) is 14.0. The van der Waals surface area contributed by atoms with Crippen LogP contribution in [0.4, 0.5) is 5.69 Å². The molecule has 1 aliphatic rings. The van der Waals surface area contributed by atoms with Crippen molar-refractivity contribution < 1.29 is 9.90 Å². The molecule has 0 saturated carbocycles. The Labute approximate surface area is 113 Å². The Morgan fingerprint density at radius 3 is 2.89 bits per heavy atom. The molecule has 2 heterocycles. The number of hydrogen-bond acceptors (Lipinski definition) is 4. The van der Waals surface area contributed by atoms with E-state index in [-0.39, 0.29) is 5.91 Å². The summed E-state index contributed by atoms with van der Waals surface area (Å²) in [6, 6.07) is 0. The highest BCUT2D eigenvalue weighted by Crippen LogP contribution is 2.20. The minimum Gasteiger partial charge on any atom is -0.389 e. The van der Waals surface area contributed by atoms with Gasteiger partial charge in [0.05, 0.1) is 29.2 Å². The predicted octanol–water partition coefficient (Wildman–Crippen LogP) is 0.812. The average molecular weight is 266 g/mol. The zero-order chi connectivity index (χ0) is 14.0. The van der Waals surface area contributed by atoms with E-state index in [0.717, 1.165) is 36.5 Å². The summed E-state index contributed by atoms with van der Waals surface area (Å²) < 4.78 is 0. The Hall–Kier alpha value is -1.40. The maximum atomic E-state index is 12.0. The Bertz CT molecular complexity index is 448. The van der Waals surface area contributed by atoms with E-state index in [9.17, 15) is 9.90 Å². The number of piperidine rings is 1. The number of aromatic nitrogens is 2. The molecular weight excluding hydrogens is 244 g/mol. The molecule has 0 bridgehead atoms. The first-order valence-corrected chi connectivity index (χ1v) is 6.63. The van der Waals surface area contributed by atoms with Gasteiger partial charge < -0.3 is 10.4 Å².